The van der Waals surface area contributed by atoms with Crippen LogP contribution in [0, 0.1) is 0 Å². The summed E-state index contributed by atoms with van der Waals surface area (Å²) in [5.41, 5.74) is 6.38. The molecule has 1 heterocycles. The largest absolute Gasteiger partial charge is 0.354 e. The van der Waals surface area contributed by atoms with Crippen molar-refractivity contribution >= 4 is 28.3 Å². The monoisotopic (exact) mass is 389 g/mol. The minimum absolute atomic E-state index is 0. The summed E-state index contributed by atoms with van der Waals surface area (Å²) < 4.78 is 27.1. The smallest absolute Gasteiger partial charge is 0.221 e. The van der Waals surface area contributed by atoms with Crippen molar-refractivity contribution in [2.45, 2.75) is 38.1 Å². The lowest BCUT2D eigenvalue weighted by Crippen LogP contribution is -2.50. The van der Waals surface area contributed by atoms with E-state index in [4.69, 9.17) is 5.73 Å². The van der Waals surface area contributed by atoms with Crippen LogP contribution in [-0.2, 0) is 21.2 Å². The van der Waals surface area contributed by atoms with E-state index in [1.807, 2.05) is 30.3 Å². The lowest BCUT2D eigenvalue weighted by atomic mass is 10.1. The van der Waals surface area contributed by atoms with Gasteiger partial charge in [-0.25, -0.2) is 8.42 Å². The summed E-state index contributed by atoms with van der Waals surface area (Å²) in [4.78, 5) is 11.6. The number of carbonyl (C=O) groups excluding carboxylic acids is 1. The second-order valence-electron chi connectivity index (χ2n) is 6.15. The number of nitrogens with two attached hydrogens (primary N) is 1. The number of benzene rings is 1. The molecule has 0 aliphatic carbocycles. The summed E-state index contributed by atoms with van der Waals surface area (Å²) in [5.74, 6) is -0.0192. The Morgan fingerprint density at radius 1 is 1.24 bits per heavy atom. The van der Waals surface area contributed by atoms with E-state index >= 15 is 0 Å². The molecule has 1 atom stereocenters. The van der Waals surface area contributed by atoms with Crippen molar-refractivity contribution in [3.8, 4) is 0 Å². The third-order valence-corrected chi connectivity index (χ3v) is 6.24. The normalized spacial score (nSPS) is 18.4. The molecule has 0 aromatic heterocycles. The van der Waals surface area contributed by atoms with Gasteiger partial charge in [0.2, 0.25) is 15.9 Å². The van der Waals surface area contributed by atoms with Crippen molar-refractivity contribution in [3.63, 3.8) is 0 Å². The summed E-state index contributed by atoms with van der Waals surface area (Å²) in [5, 5.41) is 2.80. The van der Waals surface area contributed by atoms with E-state index in [9.17, 15) is 13.2 Å². The molecule has 0 saturated carbocycles. The highest BCUT2D eigenvalue weighted by molar-refractivity contribution is 7.89. The number of sulfonamides is 1. The molecular weight excluding hydrogens is 362 g/mol. The molecule has 1 amide bonds. The van der Waals surface area contributed by atoms with Gasteiger partial charge in [0.25, 0.3) is 0 Å². The molecule has 3 N–H and O–H groups in total. The molecule has 0 bridgehead atoms. The number of nitrogens with one attached hydrogen (secondary N) is 1. The molecule has 1 aliphatic heterocycles. The summed E-state index contributed by atoms with van der Waals surface area (Å²) in [6, 6.07) is 9.48. The van der Waals surface area contributed by atoms with Gasteiger partial charge in [-0.15, -0.1) is 12.4 Å². The van der Waals surface area contributed by atoms with E-state index < -0.39 is 10.0 Å². The molecule has 1 aliphatic rings. The third-order valence-electron chi connectivity index (χ3n) is 4.33. The molecule has 1 fully saturated rings. The highest BCUT2D eigenvalue weighted by Crippen LogP contribution is 2.21. The lowest BCUT2D eigenvalue weighted by molar-refractivity contribution is -0.121. The quantitative estimate of drug-likeness (QED) is 0.700. The number of aryl methyl sites for hydroxylation is 1. The summed E-state index contributed by atoms with van der Waals surface area (Å²) in [7, 11) is -3.33. The van der Waals surface area contributed by atoms with E-state index in [0.29, 0.717) is 26.1 Å². The number of nitrogens with zero attached hydrogens (tertiary/aromatic N) is 1. The maximum absolute atomic E-state index is 12.7. The molecule has 1 aromatic rings. The van der Waals surface area contributed by atoms with Crippen LogP contribution in [-0.4, -0.2) is 50.1 Å². The number of hydrogen-bond acceptors (Lipinski definition) is 4. The molecule has 0 radical (unpaired) electrons. The average molecular weight is 390 g/mol. The fourth-order valence-electron chi connectivity index (χ4n) is 3.00. The molecular formula is C17H28ClN3O3S. The van der Waals surface area contributed by atoms with Gasteiger partial charge in [-0.05, 0) is 24.8 Å². The van der Waals surface area contributed by atoms with Crippen LogP contribution in [0.3, 0.4) is 0 Å². The SMILES string of the molecule is Cl.NCCC(=O)NCC1CCCCN1S(=O)(=O)CCc1ccccc1. The van der Waals surface area contributed by atoms with Gasteiger partial charge in [0.15, 0.2) is 0 Å². The van der Waals surface area contributed by atoms with Crippen LogP contribution < -0.4 is 11.1 Å². The van der Waals surface area contributed by atoms with Crippen molar-refractivity contribution in [2.75, 3.05) is 25.4 Å². The van der Waals surface area contributed by atoms with Gasteiger partial charge in [0, 0.05) is 32.1 Å². The third kappa shape index (κ3) is 6.93. The van der Waals surface area contributed by atoms with Crippen LogP contribution in [0.15, 0.2) is 30.3 Å². The first-order valence-corrected chi connectivity index (χ1v) is 10.1. The Morgan fingerprint density at radius 2 is 1.96 bits per heavy atom. The minimum atomic E-state index is -3.33. The Balaban J connectivity index is 0.00000312. The highest BCUT2D eigenvalue weighted by Gasteiger charge is 2.32. The first-order chi connectivity index (χ1) is 11.5. The molecule has 6 nitrogen and oxygen atoms in total. The zero-order chi connectivity index (χ0) is 17.4. The number of piperidine rings is 1. The molecule has 25 heavy (non-hydrogen) atoms. The lowest BCUT2D eigenvalue weighted by Gasteiger charge is -2.34. The van der Waals surface area contributed by atoms with Gasteiger partial charge < -0.3 is 11.1 Å². The summed E-state index contributed by atoms with van der Waals surface area (Å²) >= 11 is 0. The number of carbonyl (C=O) groups is 1. The second-order valence-corrected chi connectivity index (χ2v) is 8.20. The Labute approximate surface area is 156 Å². The highest BCUT2D eigenvalue weighted by atomic mass is 35.5. The van der Waals surface area contributed by atoms with Gasteiger partial charge in [-0.1, -0.05) is 36.8 Å². The van der Waals surface area contributed by atoms with Crippen LogP contribution >= 0.6 is 12.4 Å². The standard InChI is InChI=1S/C17H27N3O3S.ClH/c18-11-9-17(21)19-14-16-8-4-5-12-20(16)24(22,23)13-10-15-6-2-1-3-7-15;/h1-3,6-7,16H,4-5,8-14,18H2,(H,19,21);1H. The molecule has 1 aromatic carbocycles. The molecule has 8 heteroatoms. The topological polar surface area (TPSA) is 92.5 Å². The van der Waals surface area contributed by atoms with Crippen molar-refractivity contribution < 1.29 is 13.2 Å². The van der Waals surface area contributed by atoms with Crippen LogP contribution in [0.25, 0.3) is 0 Å². The predicted molar refractivity (Wildman–Crippen MR) is 102 cm³/mol. The van der Waals surface area contributed by atoms with E-state index in [2.05, 4.69) is 5.32 Å². The zero-order valence-corrected chi connectivity index (χ0v) is 16.0. The van der Waals surface area contributed by atoms with Crippen molar-refractivity contribution in [3.05, 3.63) is 35.9 Å². The first kappa shape index (κ1) is 21.9. The van der Waals surface area contributed by atoms with E-state index in [0.717, 1.165) is 24.8 Å². The van der Waals surface area contributed by atoms with Crippen molar-refractivity contribution in [1.82, 2.24) is 9.62 Å². The number of amides is 1. The molecule has 1 unspecified atom stereocenters. The fraction of sp³-hybridized carbons (Fsp3) is 0.588. The van der Waals surface area contributed by atoms with E-state index in [-0.39, 0.29) is 36.5 Å². The van der Waals surface area contributed by atoms with Gasteiger partial charge >= 0.3 is 0 Å². The molecule has 0 spiro atoms. The first-order valence-electron chi connectivity index (χ1n) is 8.53. The van der Waals surface area contributed by atoms with Crippen molar-refractivity contribution in [2.24, 2.45) is 5.73 Å². The van der Waals surface area contributed by atoms with Gasteiger partial charge in [0.05, 0.1) is 5.75 Å². The predicted octanol–water partition coefficient (Wildman–Crippen LogP) is 1.30. The van der Waals surface area contributed by atoms with E-state index in [1.165, 1.54) is 0 Å². The van der Waals surface area contributed by atoms with Gasteiger partial charge in [-0.2, -0.15) is 4.31 Å². The maximum atomic E-state index is 12.7. The minimum Gasteiger partial charge on any atom is -0.354 e. The van der Waals surface area contributed by atoms with Crippen LogP contribution in [0.1, 0.15) is 31.2 Å². The molecule has 142 valence electrons. The zero-order valence-electron chi connectivity index (χ0n) is 14.4. The fourth-order valence-corrected chi connectivity index (χ4v) is 4.77. The van der Waals surface area contributed by atoms with Crippen LogP contribution in [0.5, 0.6) is 0 Å². The van der Waals surface area contributed by atoms with E-state index in [1.54, 1.807) is 4.31 Å². The Morgan fingerprint density at radius 3 is 2.64 bits per heavy atom. The average Bonchev–Trinajstić information content (AvgIpc) is 2.60. The molecule has 2 rings (SSSR count). The number of hydrogen-bond donors (Lipinski definition) is 2. The van der Waals surface area contributed by atoms with Crippen LogP contribution in [0.4, 0.5) is 0 Å². The number of halogens is 1. The summed E-state index contributed by atoms with van der Waals surface area (Å²) in [6.07, 6.45) is 3.42. The van der Waals surface area contributed by atoms with Crippen molar-refractivity contribution in [1.29, 1.82) is 0 Å². The van der Waals surface area contributed by atoms with Gasteiger partial charge in [-0.3, -0.25) is 4.79 Å². The Kier molecular flexibility index (Phi) is 9.42. The Hall–Kier alpha value is -1.15. The second kappa shape index (κ2) is 10.8. The summed E-state index contributed by atoms with van der Waals surface area (Å²) in [6.45, 7) is 1.20. The maximum Gasteiger partial charge on any atom is 0.221 e. The van der Waals surface area contributed by atoms with Crippen LogP contribution in [0.2, 0.25) is 0 Å². The Bertz CT molecular complexity index is 625. The molecule has 1 saturated heterocycles. The van der Waals surface area contributed by atoms with Gasteiger partial charge in [0.1, 0.15) is 0 Å². The number of rotatable bonds is 8.